The lowest BCUT2D eigenvalue weighted by Crippen LogP contribution is -2.41. The molecule has 0 heterocycles. The topological polar surface area (TPSA) is 35.2 Å². The van der Waals surface area contributed by atoms with Crippen LogP contribution in [-0.2, 0) is 4.74 Å². The van der Waals surface area contributed by atoms with E-state index in [0.29, 0.717) is 12.1 Å². The molecule has 76 valence electrons. The Hall–Kier alpha value is -0.340. The quantitative estimate of drug-likeness (QED) is 0.485. The summed E-state index contributed by atoms with van der Waals surface area (Å²) in [6.07, 6.45) is 9.38. The first-order valence-electron chi connectivity index (χ1n) is 5.31. The summed E-state index contributed by atoms with van der Waals surface area (Å²) in [5.41, 5.74) is 5.65. The van der Waals surface area contributed by atoms with Gasteiger partial charge in [0.15, 0.2) is 0 Å². The Morgan fingerprint density at radius 1 is 1.31 bits per heavy atom. The molecule has 1 fully saturated rings. The molecule has 0 saturated heterocycles. The predicted octanol–water partition coefficient (Wildman–Crippen LogP) is 2.24. The monoisotopic (exact) mass is 183 g/mol. The maximum absolute atomic E-state index is 5.65. The fraction of sp³-hybridized carbons (Fsp3) is 0.818. The van der Waals surface area contributed by atoms with Crippen molar-refractivity contribution in [3.05, 3.63) is 12.7 Å². The summed E-state index contributed by atoms with van der Waals surface area (Å²) >= 11 is 0. The van der Waals surface area contributed by atoms with Crippen LogP contribution in [0.15, 0.2) is 12.7 Å². The Balaban J connectivity index is 1.77. The Morgan fingerprint density at radius 2 is 2.08 bits per heavy atom. The third kappa shape index (κ3) is 4.44. The van der Waals surface area contributed by atoms with E-state index in [-0.39, 0.29) is 0 Å². The van der Waals surface area contributed by atoms with Gasteiger partial charge in [0.1, 0.15) is 0 Å². The van der Waals surface area contributed by atoms with Gasteiger partial charge >= 0.3 is 0 Å². The van der Waals surface area contributed by atoms with E-state index in [0.717, 1.165) is 25.9 Å². The minimum Gasteiger partial charge on any atom is -0.378 e. The Labute approximate surface area is 81.1 Å². The zero-order valence-corrected chi connectivity index (χ0v) is 8.37. The number of hydrogen-bond acceptors (Lipinski definition) is 2. The van der Waals surface area contributed by atoms with Gasteiger partial charge < -0.3 is 10.5 Å². The van der Waals surface area contributed by atoms with E-state index in [9.17, 15) is 0 Å². The smallest absolute Gasteiger partial charge is 0.0604 e. The lowest BCUT2D eigenvalue weighted by atomic mass is 9.90. The predicted molar refractivity (Wildman–Crippen MR) is 55.6 cm³/mol. The van der Waals surface area contributed by atoms with Crippen LogP contribution in [0.1, 0.15) is 38.5 Å². The molecule has 13 heavy (non-hydrogen) atoms. The molecular weight excluding hydrogens is 162 g/mol. The zero-order valence-electron chi connectivity index (χ0n) is 8.37. The van der Waals surface area contributed by atoms with Crippen LogP contribution in [0.2, 0.25) is 0 Å². The zero-order chi connectivity index (χ0) is 9.52. The van der Waals surface area contributed by atoms with E-state index in [1.165, 1.54) is 19.3 Å². The molecule has 0 unspecified atom stereocenters. The van der Waals surface area contributed by atoms with Crippen molar-refractivity contribution in [1.82, 2.24) is 0 Å². The van der Waals surface area contributed by atoms with Gasteiger partial charge in [-0.25, -0.2) is 0 Å². The van der Waals surface area contributed by atoms with E-state index in [2.05, 4.69) is 6.58 Å². The number of ether oxygens (including phenoxy) is 1. The highest BCUT2D eigenvalue weighted by atomic mass is 16.5. The summed E-state index contributed by atoms with van der Waals surface area (Å²) in [5, 5.41) is 0. The highest BCUT2D eigenvalue weighted by Crippen LogP contribution is 2.21. The van der Waals surface area contributed by atoms with Crippen molar-refractivity contribution >= 4 is 0 Å². The summed E-state index contributed by atoms with van der Waals surface area (Å²) in [5.74, 6) is 0. The maximum atomic E-state index is 5.65. The lowest BCUT2D eigenvalue weighted by molar-refractivity contribution is -0.00979. The fourth-order valence-corrected chi connectivity index (χ4v) is 1.56. The second-order valence-electron chi connectivity index (χ2n) is 3.86. The normalized spacial score (nSPS) is 26.8. The van der Waals surface area contributed by atoms with E-state index >= 15 is 0 Å². The average Bonchev–Trinajstić information content (AvgIpc) is 2.07. The van der Waals surface area contributed by atoms with Crippen molar-refractivity contribution in [2.75, 3.05) is 6.61 Å². The second-order valence-corrected chi connectivity index (χ2v) is 3.86. The van der Waals surface area contributed by atoms with Crippen molar-refractivity contribution in [3.63, 3.8) is 0 Å². The summed E-state index contributed by atoms with van der Waals surface area (Å²) in [7, 11) is 0. The van der Waals surface area contributed by atoms with Gasteiger partial charge in [-0.3, -0.25) is 0 Å². The first-order chi connectivity index (χ1) is 6.33. The molecule has 1 aliphatic rings. The number of hydrogen-bond donors (Lipinski definition) is 1. The van der Waals surface area contributed by atoms with Crippen LogP contribution in [0.5, 0.6) is 0 Å². The minimum atomic E-state index is 0.408. The molecule has 0 amide bonds. The van der Waals surface area contributed by atoms with E-state index in [1.54, 1.807) is 0 Å². The van der Waals surface area contributed by atoms with Gasteiger partial charge in [-0.2, -0.15) is 0 Å². The number of unbranched alkanes of at least 4 members (excludes halogenated alkanes) is 3. The van der Waals surface area contributed by atoms with E-state index < -0.39 is 0 Å². The van der Waals surface area contributed by atoms with Crippen LogP contribution in [0.3, 0.4) is 0 Å². The first kappa shape index (κ1) is 10.7. The van der Waals surface area contributed by atoms with Gasteiger partial charge in [-0.05, 0) is 32.1 Å². The van der Waals surface area contributed by atoms with Crippen molar-refractivity contribution in [2.24, 2.45) is 5.73 Å². The maximum Gasteiger partial charge on any atom is 0.0604 e. The minimum absolute atomic E-state index is 0.408. The second kappa shape index (κ2) is 6.17. The van der Waals surface area contributed by atoms with Crippen LogP contribution in [0, 0.1) is 0 Å². The standard InChI is InChI=1S/C11H21NO/c1-2-3-4-5-6-7-13-11-8-10(12)9-11/h2,10-11H,1,3-9,12H2. The highest BCUT2D eigenvalue weighted by Gasteiger charge is 2.25. The molecule has 0 bridgehead atoms. The van der Waals surface area contributed by atoms with Crippen molar-refractivity contribution in [2.45, 2.75) is 50.7 Å². The third-order valence-electron chi connectivity index (χ3n) is 2.54. The van der Waals surface area contributed by atoms with Crippen molar-refractivity contribution in [3.8, 4) is 0 Å². The Kier molecular flexibility index (Phi) is 5.09. The summed E-state index contributed by atoms with van der Waals surface area (Å²) in [6, 6.07) is 0.408. The summed E-state index contributed by atoms with van der Waals surface area (Å²) in [4.78, 5) is 0. The Morgan fingerprint density at radius 3 is 2.69 bits per heavy atom. The Bertz CT molecular complexity index is 141. The molecule has 0 aliphatic heterocycles. The van der Waals surface area contributed by atoms with Crippen molar-refractivity contribution < 1.29 is 4.74 Å². The van der Waals surface area contributed by atoms with Gasteiger partial charge in [0.2, 0.25) is 0 Å². The van der Waals surface area contributed by atoms with Crippen molar-refractivity contribution in [1.29, 1.82) is 0 Å². The number of nitrogens with two attached hydrogens (primary N) is 1. The molecule has 2 heteroatoms. The van der Waals surface area contributed by atoms with Crippen LogP contribution in [0.4, 0.5) is 0 Å². The lowest BCUT2D eigenvalue weighted by Gasteiger charge is -2.32. The van der Waals surface area contributed by atoms with Gasteiger partial charge in [0, 0.05) is 12.6 Å². The third-order valence-corrected chi connectivity index (χ3v) is 2.54. The molecule has 2 N–H and O–H groups in total. The number of rotatable bonds is 7. The SMILES string of the molecule is C=CCCCCCOC1CC(N)C1. The number of allylic oxidation sites excluding steroid dienone is 1. The molecule has 0 radical (unpaired) electrons. The van der Waals surface area contributed by atoms with Crippen LogP contribution >= 0.6 is 0 Å². The molecule has 0 aromatic carbocycles. The van der Waals surface area contributed by atoms with E-state index in [4.69, 9.17) is 10.5 Å². The fourth-order valence-electron chi connectivity index (χ4n) is 1.56. The molecule has 0 aromatic rings. The summed E-state index contributed by atoms with van der Waals surface area (Å²) < 4.78 is 5.62. The highest BCUT2D eigenvalue weighted by molar-refractivity contribution is 4.82. The van der Waals surface area contributed by atoms with Gasteiger partial charge in [0.05, 0.1) is 6.10 Å². The van der Waals surface area contributed by atoms with Crippen LogP contribution in [-0.4, -0.2) is 18.8 Å². The largest absolute Gasteiger partial charge is 0.378 e. The first-order valence-corrected chi connectivity index (χ1v) is 5.31. The van der Waals surface area contributed by atoms with Gasteiger partial charge in [-0.15, -0.1) is 6.58 Å². The van der Waals surface area contributed by atoms with Crippen LogP contribution < -0.4 is 5.73 Å². The molecular formula is C11H21NO. The van der Waals surface area contributed by atoms with Gasteiger partial charge in [-0.1, -0.05) is 12.5 Å². The molecule has 1 saturated carbocycles. The molecule has 1 aliphatic carbocycles. The molecule has 1 rings (SSSR count). The average molecular weight is 183 g/mol. The molecule has 2 nitrogen and oxygen atoms in total. The molecule has 0 spiro atoms. The molecule has 0 atom stereocenters. The van der Waals surface area contributed by atoms with Gasteiger partial charge in [0.25, 0.3) is 0 Å². The molecule has 0 aromatic heterocycles. The summed E-state index contributed by atoms with van der Waals surface area (Å²) in [6.45, 7) is 4.60. The van der Waals surface area contributed by atoms with E-state index in [1.807, 2.05) is 6.08 Å². The van der Waals surface area contributed by atoms with Crippen LogP contribution in [0.25, 0.3) is 0 Å².